The Bertz CT molecular complexity index is 838. The summed E-state index contributed by atoms with van der Waals surface area (Å²) in [6.07, 6.45) is 3.50. The topological polar surface area (TPSA) is 67.2 Å². The van der Waals surface area contributed by atoms with E-state index in [9.17, 15) is 18.4 Å². The Morgan fingerprint density at radius 1 is 1.37 bits per heavy atom. The molecule has 0 spiro atoms. The summed E-state index contributed by atoms with van der Waals surface area (Å²) < 4.78 is 30.4. The second-order valence-electron chi connectivity index (χ2n) is 6.30. The Morgan fingerprint density at radius 3 is 2.74 bits per heavy atom. The third-order valence-corrected chi connectivity index (χ3v) is 4.65. The van der Waals surface area contributed by atoms with Gasteiger partial charge in [0.05, 0.1) is 0 Å². The number of benzene rings is 1. The molecule has 1 aliphatic heterocycles. The molecule has 1 aromatic carbocycles. The monoisotopic (exact) mass is 396 g/mol. The van der Waals surface area contributed by atoms with Crippen LogP contribution in [0.15, 0.2) is 36.7 Å². The van der Waals surface area contributed by atoms with Crippen molar-refractivity contribution in [1.29, 1.82) is 0 Å². The number of carbonyl (C=O) groups is 2. The smallest absolute Gasteiger partial charge is 0.339 e. The van der Waals surface area contributed by atoms with E-state index in [-0.39, 0.29) is 6.42 Å². The third-order valence-electron chi connectivity index (χ3n) is 4.40. The van der Waals surface area contributed by atoms with Gasteiger partial charge in [0.15, 0.2) is 5.82 Å². The number of anilines is 1. The fourth-order valence-electron chi connectivity index (χ4n) is 3.05. The molecule has 0 radical (unpaired) electrons. The average Bonchev–Trinajstić information content (AvgIpc) is 3.24. The first kappa shape index (κ1) is 19.3. The lowest BCUT2D eigenvalue weighted by molar-refractivity contribution is -0.150. The molecule has 0 aliphatic carbocycles. The molecule has 0 bridgehead atoms. The van der Waals surface area contributed by atoms with E-state index in [1.807, 2.05) is 6.92 Å². The van der Waals surface area contributed by atoms with E-state index < -0.39 is 29.6 Å². The maximum Gasteiger partial charge on any atom is 0.381 e. The number of aryl methyl sites for hydroxylation is 1. The minimum Gasteiger partial charge on any atom is -0.339 e. The molecule has 1 aliphatic rings. The van der Waals surface area contributed by atoms with Gasteiger partial charge in [-0.3, -0.25) is 9.59 Å². The molecule has 27 heavy (non-hydrogen) atoms. The Hall–Kier alpha value is -2.48. The first-order valence-electron chi connectivity index (χ1n) is 8.62. The first-order valence-corrected chi connectivity index (χ1v) is 8.99. The van der Waals surface area contributed by atoms with Gasteiger partial charge in [-0.15, -0.1) is 0 Å². The van der Waals surface area contributed by atoms with Crippen LogP contribution in [-0.4, -0.2) is 34.0 Å². The summed E-state index contributed by atoms with van der Waals surface area (Å²) in [6, 6.07) is 5.60. The molecule has 1 saturated heterocycles. The maximum absolute atomic E-state index is 14.6. The van der Waals surface area contributed by atoms with Gasteiger partial charge in [0.1, 0.15) is 6.04 Å². The van der Waals surface area contributed by atoms with E-state index in [0.29, 0.717) is 30.2 Å². The minimum absolute atomic E-state index is 0.243. The summed E-state index contributed by atoms with van der Waals surface area (Å²) in [7, 11) is 0. The molecule has 1 fully saturated rings. The fourth-order valence-corrected chi connectivity index (χ4v) is 3.18. The molecule has 1 atom stereocenters. The molecule has 6 nitrogen and oxygen atoms in total. The van der Waals surface area contributed by atoms with Crippen LogP contribution in [-0.2, 0) is 22.1 Å². The van der Waals surface area contributed by atoms with Crippen LogP contribution in [0.3, 0.4) is 0 Å². The van der Waals surface area contributed by atoms with E-state index in [0.717, 1.165) is 0 Å². The van der Waals surface area contributed by atoms with Crippen molar-refractivity contribution in [2.45, 2.75) is 38.3 Å². The first-order chi connectivity index (χ1) is 12.8. The molecule has 2 aromatic rings. The van der Waals surface area contributed by atoms with Gasteiger partial charge < -0.3 is 14.8 Å². The van der Waals surface area contributed by atoms with Gasteiger partial charge in [0.25, 0.3) is 5.91 Å². The number of imidazole rings is 1. The molecule has 2 heterocycles. The summed E-state index contributed by atoms with van der Waals surface area (Å²) in [6.45, 7) is 2.48. The van der Waals surface area contributed by atoms with Crippen molar-refractivity contribution in [2.75, 3.05) is 11.4 Å². The zero-order chi connectivity index (χ0) is 19.6. The van der Waals surface area contributed by atoms with Gasteiger partial charge >= 0.3 is 5.92 Å². The summed E-state index contributed by atoms with van der Waals surface area (Å²) >= 11 is 5.83. The second kappa shape index (κ2) is 7.64. The minimum atomic E-state index is -3.83. The molecule has 2 amide bonds. The number of amides is 2. The lowest BCUT2D eigenvalue weighted by Crippen LogP contribution is -2.48. The van der Waals surface area contributed by atoms with Crippen LogP contribution in [0.25, 0.3) is 0 Å². The lowest BCUT2D eigenvalue weighted by atomic mass is 10.2. The van der Waals surface area contributed by atoms with Crippen LogP contribution in [0.2, 0.25) is 5.02 Å². The number of carbonyl (C=O) groups excluding carboxylic acids is 2. The number of rotatable bonds is 6. The van der Waals surface area contributed by atoms with E-state index in [1.54, 1.807) is 24.3 Å². The summed E-state index contributed by atoms with van der Waals surface area (Å²) in [5.74, 6) is -6.41. The normalized spacial score (nSPS) is 17.4. The number of alkyl halides is 2. The molecular formula is C18H19ClF2N4O2. The highest BCUT2D eigenvalue weighted by Crippen LogP contribution is 2.29. The summed E-state index contributed by atoms with van der Waals surface area (Å²) in [5, 5.41) is 2.70. The lowest BCUT2D eigenvalue weighted by Gasteiger charge is -2.20. The molecule has 0 unspecified atom stereocenters. The molecule has 9 heteroatoms. The number of halogens is 3. The molecule has 144 valence electrons. The zero-order valence-electron chi connectivity index (χ0n) is 14.7. The van der Waals surface area contributed by atoms with E-state index in [4.69, 9.17) is 11.6 Å². The van der Waals surface area contributed by atoms with Gasteiger partial charge in [0.2, 0.25) is 5.91 Å². The fraction of sp³-hybridized carbons (Fsp3) is 0.389. The highest BCUT2D eigenvalue weighted by Gasteiger charge is 2.47. The number of hydrogen-bond donors (Lipinski definition) is 1. The summed E-state index contributed by atoms with van der Waals surface area (Å²) in [5.41, 5.74) is 0.603. The van der Waals surface area contributed by atoms with E-state index in [1.165, 1.54) is 21.9 Å². The molecule has 1 aromatic heterocycles. The van der Waals surface area contributed by atoms with Crippen LogP contribution in [0.5, 0.6) is 0 Å². The van der Waals surface area contributed by atoms with Crippen LogP contribution in [0.4, 0.5) is 14.5 Å². The number of hydrogen-bond acceptors (Lipinski definition) is 3. The number of nitrogens with zero attached hydrogens (tertiary/aromatic N) is 3. The molecule has 0 saturated carbocycles. The van der Waals surface area contributed by atoms with Gasteiger partial charge in [-0.2, -0.15) is 8.78 Å². The van der Waals surface area contributed by atoms with Crippen molar-refractivity contribution in [3.63, 3.8) is 0 Å². The quantitative estimate of drug-likeness (QED) is 0.816. The predicted octanol–water partition coefficient (Wildman–Crippen LogP) is 2.96. The van der Waals surface area contributed by atoms with Gasteiger partial charge in [-0.05, 0) is 37.1 Å². The Balaban J connectivity index is 1.71. The van der Waals surface area contributed by atoms with Crippen LogP contribution in [0, 0.1) is 0 Å². The van der Waals surface area contributed by atoms with Gasteiger partial charge in [-0.25, -0.2) is 4.98 Å². The van der Waals surface area contributed by atoms with Crippen molar-refractivity contribution in [3.8, 4) is 0 Å². The standard InChI is InChI=1S/C18H19ClF2N4O2/c1-2-9-24-11-8-22-16(24)18(20,21)17(27)23-14-7-10-25(15(14)26)13-5-3-12(19)4-6-13/h3-6,8,11,14H,2,7,9-10H2,1H3,(H,23,27)/t14-/m0/s1. The number of nitrogens with one attached hydrogen (secondary N) is 1. The highest BCUT2D eigenvalue weighted by molar-refractivity contribution is 6.30. The molecular weight excluding hydrogens is 378 g/mol. The van der Waals surface area contributed by atoms with Gasteiger partial charge in [-0.1, -0.05) is 18.5 Å². The highest BCUT2D eigenvalue weighted by atomic mass is 35.5. The van der Waals surface area contributed by atoms with Gasteiger partial charge in [0, 0.05) is 36.2 Å². The Labute approximate surface area is 160 Å². The average molecular weight is 397 g/mol. The third kappa shape index (κ3) is 3.80. The predicted molar refractivity (Wildman–Crippen MR) is 96.8 cm³/mol. The second-order valence-corrected chi connectivity index (χ2v) is 6.74. The van der Waals surface area contributed by atoms with E-state index in [2.05, 4.69) is 10.3 Å². The Morgan fingerprint density at radius 2 is 2.07 bits per heavy atom. The van der Waals surface area contributed by atoms with Crippen molar-refractivity contribution in [3.05, 3.63) is 47.5 Å². The SMILES string of the molecule is CCCn1ccnc1C(F)(F)C(=O)N[C@H]1CCN(c2ccc(Cl)cc2)C1=O. The van der Waals surface area contributed by atoms with Crippen LogP contribution >= 0.6 is 11.6 Å². The van der Waals surface area contributed by atoms with Crippen molar-refractivity contribution in [1.82, 2.24) is 14.9 Å². The molecule has 3 rings (SSSR count). The number of aromatic nitrogens is 2. The largest absolute Gasteiger partial charge is 0.381 e. The molecule has 1 N–H and O–H groups in total. The maximum atomic E-state index is 14.6. The summed E-state index contributed by atoms with van der Waals surface area (Å²) in [4.78, 5) is 29.8. The van der Waals surface area contributed by atoms with Crippen molar-refractivity contribution in [2.24, 2.45) is 0 Å². The zero-order valence-corrected chi connectivity index (χ0v) is 15.4. The van der Waals surface area contributed by atoms with Crippen LogP contribution in [0.1, 0.15) is 25.6 Å². The Kier molecular flexibility index (Phi) is 5.46. The van der Waals surface area contributed by atoms with E-state index >= 15 is 0 Å². The van der Waals surface area contributed by atoms with Crippen LogP contribution < -0.4 is 10.2 Å². The van der Waals surface area contributed by atoms with Crippen molar-refractivity contribution >= 4 is 29.1 Å². The van der Waals surface area contributed by atoms with Crippen molar-refractivity contribution < 1.29 is 18.4 Å².